The van der Waals surface area contributed by atoms with Crippen molar-refractivity contribution in [3.05, 3.63) is 62.6 Å². The molecule has 2 unspecified atom stereocenters. The van der Waals surface area contributed by atoms with Crippen LogP contribution in [0.25, 0.3) is 0 Å². The van der Waals surface area contributed by atoms with E-state index in [1.807, 2.05) is 13.8 Å². The summed E-state index contributed by atoms with van der Waals surface area (Å²) in [7, 11) is -3.62. The van der Waals surface area contributed by atoms with E-state index in [0.29, 0.717) is 26.3 Å². The van der Waals surface area contributed by atoms with Crippen LogP contribution in [0, 0.1) is 6.92 Å². The molecule has 11 heteroatoms. The van der Waals surface area contributed by atoms with Gasteiger partial charge in [-0.2, -0.15) is 0 Å². The van der Waals surface area contributed by atoms with Gasteiger partial charge in [0.05, 0.1) is 11.9 Å². The first-order valence-corrected chi connectivity index (χ1v) is 15.0. The van der Waals surface area contributed by atoms with Crippen LogP contribution in [0.3, 0.4) is 0 Å². The first-order chi connectivity index (χ1) is 17.2. The summed E-state index contributed by atoms with van der Waals surface area (Å²) in [6.45, 7) is 7.50. The van der Waals surface area contributed by atoms with Crippen LogP contribution in [0.15, 0.2) is 36.4 Å². The minimum Gasteiger partial charge on any atom is -0.352 e. The van der Waals surface area contributed by atoms with Crippen molar-refractivity contribution in [1.82, 2.24) is 10.2 Å². The molecule has 7 nitrogen and oxygen atoms in total. The van der Waals surface area contributed by atoms with Gasteiger partial charge in [-0.25, -0.2) is 8.42 Å². The number of anilines is 1. The van der Waals surface area contributed by atoms with Crippen LogP contribution < -0.4 is 9.62 Å². The number of sulfonamides is 1. The Morgan fingerprint density at radius 1 is 1.03 bits per heavy atom. The number of halogens is 3. The molecule has 0 fully saturated rings. The van der Waals surface area contributed by atoms with Crippen LogP contribution in [0.4, 0.5) is 5.69 Å². The van der Waals surface area contributed by atoms with E-state index in [1.165, 1.54) is 9.21 Å². The number of nitrogens with one attached hydrogen (secondary N) is 1. The highest BCUT2D eigenvalue weighted by Crippen LogP contribution is 2.27. The summed E-state index contributed by atoms with van der Waals surface area (Å²) in [6, 6.07) is 9.19. The number of carbonyl (C=O) groups is 2. The Morgan fingerprint density at radius 3 is 2.24 bits per heavy atom. The summed E-state index contributed by atoms with van der Waals surface area (Å²) < 4.78 is 26.3. The summed E-state index contributed by atoms with van der Waals surface area (Å²) >= 11 is 18.5. The molecule has 37 heavy (non-hydrogen) atoms. The zero-order valence-corrected chi connectivity index (χ0v) is 24.8. The van der Waals surface area contributed by atoms with Crippen LogP contribution in [0.2, 0.25) is 15.1 Å². The minimum absolute atomic E-state index is 0.0256. The molecule has 0 aliphatic heterocycles. The van der Waals surface area contributed by atoms with Crippen LogP contribution >= 0.6 is 34.8 Å². The lowest BCUT2D eigenvalue weighted by molar-refractivity contribution is -0.140. The van der Waals surface area contributed by atoms with Crippen molar-refractivity contribution in [2.75, 3.05) is 17.1 Å². The van der Waals surface area contributed by atoms with Gasteiger partial charge in [-0.1, -0.05) is 53.9 Å². The van der Waals surface area contributed by atoms with E-state index in [1.54, 1.807) is 50.2 Å². The lowest BCUT2D eigenvalue weighted by atomic mass is 10.1. The molecule has 0 bridgehead atoms. The Bertz CT molecular complexity index is 1220. The van der Waals surface area contributed by atoms with Crippen LogP contribution in [0.5, 0.6) is 0 Å². The molecule has 2 amide bonds. The summed E-state index contributed by atoms with van der Waals surface area (Å²) in [5.41, 5.74) is 1.86. The number of nitrogens with zero attached hydrogens (tertiary/aromatic N) is 2. The summed E-state index contributed by atoms with van der Waals surface area (Å²) in [4.78, 5) is 27.8. The summed E-state index contributed by atoms with van der Waals surface area (Å²) in [5, 5.41) is 4.18. The molecule has 0 aromatic heterocycles. The number of hydrogen-bond acceptors (Lipinski definition) is 4. The molecule has 0 aliphatic rings. The minimum atomic E-state index is -3.62. The van der Waals surface area contributed by atoms with Crippen LogP contribution in [-0.4, -0.2) is 50.0 Å². The van der Waals surface area contributed by atoms with Crippen molar-refractivity contribution >= 4 is 62.3 Å². The average molecular weight is 591 g/mol. The molecule has 0 spiro atoms. The monoisotopic (exact) mass is 589 g/mol. The van der Waals surface area contributed by atoms with Gasteiger partial charge in [0.25, 0.3) is 0 Å². The average Bonchev–Trinajstić information content (AvgIpc) is 2.81. The fourth-order valence-corrected chi connectivity index (χ4v) is 5.36. The van der Waals surface area contributed by atoms with E-state index in [-0.39, 0.29) is 43.8 Å². The quantitative estimate of drug-likeness (QED) is 0.337. The maximum Gasteiger partial charge on any atom is 0.242 e. The second-order valence-electron chi connectivity index (χ2n) is 9.12. The van der Waals surface area contributed by atoms with Gasteiger partial charge in [-0.3, -0.25) is 13.9 Å². The molecule has 1 N–H and O–H groups in total. The maximum atomic E-state index is 13.4. The fourth-order valence-electron chi connectivity index (χ4n) is 3.72. The normalized spacial score (nSPS) is 13.1. The lowest BCUT2D eigenvalue weighted by Crippen LogP contribution is -2.49. The maximum absolute atomic E-state index is 13.4. The third-order valence-electron chi connectivity index (χ3n) is 6.12. The molecule has 0 aliphatic carbocycles. The predicted molar refractivity (Wildman–Crippen MR) is 152 cm³/mol. The van der Waals surface area contributed by atoms with Crippen molar-refractivity contribution < 1.29 is 18.0 Å². The predicted octanol–water partition coefficient (Wildman–Crippen LogP) is 5.83. The highest BCUT2D eigenvalue weighted by Gasteiger charge is 2.28. The number of carbonyl (C=O) groups excluding carboxylic acids is 2. The van der Waals surface area contributed by atoms with Gasteiger partial charge in [-0.15, -0.1) is 0 Å². The SMILES string of the molecule is CCC(C)NC(=O)C(C)N(Cc1ccc(Cl)cc1Cl)C(=O)CCCN(c1cc(Cl)ccc1C)S(C)(=O)=O. The molecule has 2 aromatic rings. The van der Waals surface area contributed by atoms with E-state index in [9.17, 15) is 18.0 Å². The summed E-state index contributed by atoms with van der Waals surface area (Å²) in [6.07, 6.45) is 2.13. The van der Waals surface area contributed by atoms with E-state index < -0.39 is 16.1 Å². The van der Waals surface area contributed by atoms with Gasteiger partial charge in [0, 0.05) is 40.6 Å². The molecule has 0 heterocycles. The largest absolute Gasteiger partial charge is 0.352 e. The van der Waals surface area contributed by atoms with Gasteiger partial charge >= 0.3 is 0 Å². The molecule has 2 rings (SSSR count). The van der Waals surface area contributed by atoms with E-state index in [0.717, 1.165) is 18.2 Å². The van der Waals surface area contributed by atoms with Gasteiger partial charge in [-0.05, 0) is 69.0 Å². The highest BCUT2D eigenvalue weighted by molar-refractivity contribution is 7.92. The fraction of sp³-hybridized carbons (Fsp3) is 0.462. The number of amides is 2. The van der Waals surface area contributed by atoms with Gasteiger partial charge < -0.3 is 10.2 Å². The molecular weight excluding hydrogens is 557 g/mol. The Hall–Kier alpha value is -2.00. The smallest absolute Gasteiger partial charge is 0.242 e. The van der Waals surface area contributed by atoms with Gasteiger partial charge in [0.1, 0.15) is 6.04 Å². The topological polar surface area (TPSA) is 86.8 Å². The van der Waals surface area contributed by atoms with Crippen molar-refractivity contribution in [2.45, 2.75) is 65.6 Å². The van der Waals surface area contributed by atoms with Crippen molar-refractivity contribution in [3.63, 3.8) is 0 Å². The Morgan fingerprint density at radius 2 is 1.65 bits per heavy atom. The highest BCUT2D eigenvalue weighted by atomic mass is 35.5. The Balaban J connectivity index is 2.24. The van der Waals surface area contributed by atoms with Gasteiger partial charge in [0.2, 0.25) is 21.8 Å². The second kappa shape index (κ2) is 13.7. The summed E-state index contributed by atoms with van der Waals surface area (Å²) in [5.74, 6) is -0.575. The Kier molecular flexibility index (Phi) is 11.6. The second-order valence-corrected chi connectivity index (χ2v) is 12.3. The van der Waals surface area contributed by atoms with E-state index in [2.05, 4.69) is 5.32 Å². The van der Waals surface area contributed by atoms with E-state index >= 15 is 0 Å². The zero-order chi connectivity index (χ0) is 27.9. The molecule has 2 atom stereocenters. The van der Waals surface area contributed by atoms with Crippen molar-refractivity contribution in [1.29, 1.82) is 0 Å². The third-order valence-corrected chi connectivity index (χ3v) is 8.12. The van der Waals surface area contributed by atoms with Crippen LogP contribution in [-0.2, 0) is 26.2 Å². The molecule has 0 saturated heterocycles. The van der Waals surface area contributed by atoms with E-state index in [4.69, 9.17) is 34.8 Å². The number of aryl methyl sites for hydroxylation is 1. The first kappa shape index (κ1) is 31.2. The number of rotatable bonds is 12. The molecule has 0 saturated carbocycles. The number of hydrogen-bond donors (Lipinski definition) is 1. The molecule has 0 radical (unpaired) electrons. The van der Waals surface area contributed by atoms with Crippen LogP contribution in [0.1, 0.15) is 51.2 Å². The first-order valence-electron chi connectivity index (χ1n) is 12.0. The number of benzene rings is 2. The molecule has 2 aromatic carbocycles. The standard InChI is InChI=1S/C26H34Cl3N3O4S/c1-6-18(3)30-26(34)19(4)31(16-20-10-12-21(27)14-23(20)29)25(33)8-7-13-32(37(5,35)36)24-15-22(28)11-9-17(24)2/h9-12,14-15,18-19H,6-8,13,16H2,1-5H3,(H,30,34). The lowest BCUT2D eigenvalue weighted by Gasteiger charge is -2.30. The van der Waals surface area contributed by atoms with Crippen molar-refractivity contribution in [2.24, 2.45) is 0 Å². The third kappa shape index (κ3) is 9.06. The molecule has 204 valence electrons. The molecular formula is C26H34Cl3N3O4S. The van der Waals surface area contributed by atoms with Gasteiger partial charge in [0.15, 0.2) is 0 Å². The van der Waals surface area contributed by atoms with Crippen molar-refractivity contribution in [3.8, 4) is 0 Å². The zero-order valence-electron chi connectivity index (χ0n) is 21.7. The Labute approximate surface area is 235 Å².